The zero-order valence-electron chi connectivity index (χ0n) is 22.6. The van der Waals surface area contributed by atoms with Crippen LogP contribution >= 0.6 is 0 Å². The van der Waals surface area contributed by atoms with Crippen molar-refractivity contribution < 1.29 is 4.74 Å². The molecular formula is C31H37N5O. The highest BCUT2D eigenvalue weighted by Gasteiger charge is 2.30. The largest absolute Gasteiger partial charge is 0.377 e. The van der Waals surface area contributed by atoms with Gasteiger partial charge < -0.3 is 19.5 Å². The third-order valence-electron chi connectivity index (χ3n) is 8.06. The molecule has 6 rings (SSSR count). The Morgan fingerprint density at radius 2 is 1.92 bits per heavy atom. The van der Waals surface area contributed by atoms with Crippen molar-refractivity contribution in [2.75, 3.05) is 36.1 Å². The van der Waals surface area contributed by atoms with Crippen molar-refractivity contribution >= 4 is 22.4 Å². The first kappa shape index (κ1) is 24.0. The highest BCUT2D eigenvalue weighted by atomic mass is 16.5. The van der Waals surface area contributed by atoms with E-state index in [-0.39, 0.29) is 6.04 Å². The first-order chi connectivity index (χ1) is 17.9. The number of fused-ring (bicyclic) bond motifs is 2. The van der Waals surface area contributed by atoms with E-state index in [0.29, 0.717) is 5.92 Å². The second-order valence-corrected chi connectivity index (χ2v) is 11.0. The maximum atomic E-state index is 5.80. The summed E-state index contributed by atoms with van der Waals surface area (Å²) in [5.74, 6) is 2.40. The van der Waals surface area contributed by atoms with Crippen LogP contribution in [0.25, 0.3) is 22.3 Å². The summed E-state index contributed by atoms with van der Waals surface area (Å²) in [5, 5.41) is 1.21. The number of anilines is 2. The molecule has 6 heteroatoms. The molecule has 4 heterocycles. The first-order valence-corrected chi connectivity index (χ1v) is 13.6. The Hall–Kier alpha value is -3.38. The van der Waals surface area contributed by atoms with Gasteiger partial charge in [-0.3, -0.25) is 0 Å². The first-order valence-electron chi connectivity index (χ1n) is 13.6. The van der Waals surface area contributed by atoms with E-state index in [9.17, 15) is 0 Å². The van der Waals surface area contributed by atoms with Gasteiger partial charge in [0.05, 0.1) is 24.9 Å². The molecular weight excluding hydrogens is 458 g/mol. The number of aromatic nitrogens is 3. The predicted molar refractivity (Wildman–Crippen MR) is 152 cm³/mol. The topological polar surface area (TPSA) is 57.3 Å². The van der Waals surface area contributed by atoms with Crippen molar-refractivity contribution in [1.29, 1.82) is 0 Å². The Morgan fingerprint density at radius 3 is 2.73 bits per heavy atom. The monoisotopic (exact) mass is 495 g/mol. The zero-order valence-corrected chi connectivity index (χ0v) is 22.6. The molecule has 4 aromatic rings. The normalized spacial score (nSPS) is 18.1. The molecule has 0 spiro atoms. The number of H-pyrrole nitrogens is 1. The standard InChI is InChI=1S/C31H37N5O/c1-19(2)23-10-9-20(3)28(15-23)35-12-11-26-25(17-35)31(36-13-14-37-18-22(36)5)34-30(33-26)24-7-6-8-27-29(24)21(4)16-32-27/h6-10,15-16,19,22,32H,11-14,17-18H2,1-5H3. The lowest BCUT2D eigenvalue weighted by atomic mass is 9.98. The van der Waals surface area contributed by atoms with E-state index >= 15 is 0 Å². The number of morpholine rings is 1. The van der Waals surface area contributed by atoms with Crippen LogP contribution in [-0.4, -0.2) is 47.3 Å². The van der Waals surface area contributed by atoms with Gasteiger partial charge in [0.2, 0.25) is 0 Å². The van der Waals surface area contributed by atoms with Gasteiger partial charge in [0.15, 0.2) is 5.82 Å². The van der Waals surface area contributed by atoms with Crippen LogP contribution in [0.1, 0.15) is 54.6 Å². The van der Waals surface area contributed by atoms with Gasteiger partial charge in [0, 0.05) is 60.0 Å². The molecule has 192 valence electrons. The van der Waals surface area contributed by atoms with Crippen molar-refractivity contribution in [2.45, 2.75) is 59.5 Å². The Bertz CT molecular complexity index is 1460. The third kappa shape index (κ3) is 4.27. The van der Waals surface area contributed by atoms with Gasteiger partial charge in [-0.05, 0) is 55.5 Å². The van der Waals surface area contributed by atoms with Gasteiger partial charge in [-0.1, -0.05) is 38.1 Å². The number of hydrogen-bond acceptors (Lipinski definition) is 5. The number of rotatable bonds is 4. The lowest BCUT2D eigenvalue weighted by Gasteiger charge is -2.39. The molecule has 1 saturated heterocycles. The summed E-state index contributed by atoms with van der Waals surface area (Å²) in [6.07, 6.45) is 2.98. The van der Waals surface area contributed by atoms with Crippen LogP contribution in [0.4, 0.5) is 11.5 Å². The number of nitrogens with zero attached hydrogens (tertiary/aromatic N) is 4. The molecule has 2 aliphatic heterocycles. The summed E-state index contributed by atoms with van der Waals surface area (Å²) in [6.45, 7) is 15.2. The molecule has 0 saturated carbocycles. The van der Waals surface area contributed by atoms with E-state index in [0.717, 1.165) is 62.0 Å². The van der Waals surface area contributed by atoms with Crippen LogP contribution in [0.15, 0.2) is 42.6 Å². The van der Waals surface area contributed by atoms with Crippen LogP contribution in [-0.2, 0) is 17.7 Å². The molecule has 0 aliphatic carbocycles. The van der Waals surface area contributed by atoms with E-state index < -0.39 is 0 Å². The molecule has 0 amide bonds. The average molecular weight is 496 g/mol. The van der Waals surface area contributed by atoms with Crippen LogP contribution in [0, 0.1) is 13.8 Å². The molecule has 1 N–H and O–H groups in total. The lowest BCUT2D eigenvalue weighted by Crippen LogP contribution is -2.45. The van der Waals surface area contributed by atoms with Gasteiger partial charge in [-0.15, -0.1) is 0 Å². The number of benzene rings is 2. The molecule has 0 bridgehead atoms. The number of nitrogens with one attached hydrogen (secondary N) is 1. The SMILES string of the molecule is Cc1ccc(C(C)C)cc1N1CCc2nc(-c3cccc4[nH]cc(C)c34)nc(N3CCOCC3C)c2C1. The smallest absolute Gasteiger partial charge is 0.162 e. The van der Waals surface area contributed by atoms with Crippen LogP contribution < -0.4 is 9.80 Å². The van der Waals surface area contributed by atoms with Crippen molar-refractivity contribution in [3.63, 3.8) is 0 Å². The molecule has 1 fully saturated rings. The molecule has 2 aromatic carbocycles. The zero-order chi connectivity index (χ0) is 25.7. The summed E-state index contributed by atoms with van der Waals surface area (Å²) in [7, 11) is 0. The Balaban J connectivity index is 1.48. The Labute approximate surface area is 219 Å². The van der Waals surface area contributed by atoms with E-state index in [4.69, 9.17) is 14.7 Å². The van der Waals surface area contributed by atoms with Crippen LogP contribution in [0.2, 0.25) is 0 Å². The average Bonchev–Trinajstić information content (AvgIpc) is 3.29. The van der Waals surface area contributed by atoms with Gasteiger partial charge in [-0.25, -0.2) is 9.97 Å². The lowest BCUT2D eigenvalue weighted by molar-refractivity contribution is 0.0984. The Kier molecular flexibility index (Phi) is 6.15. The number of hydrogen-bond donors (Lipinski definition) is 1. The quantitative estimate of drug-likeness (QED) is 0.368. The van der Waals surface area contributed by atoms with E-state index in [2.05, 4.69) is 92.0 Å². The summed E-state index contributed by atoms with van der Waals surface area (Å²) in [5.41, 5.74) is 9.92. The summed E-state index contributed by atoms with van der Waals surface area (Å²) in [4.78, 5) is 18.9. The summed E-state index contributed by atoms with van der Waals surface area (Å²) in [6, 6.07) is 13.6. The second-order valence-electron chi connectivity index (χ2n) is 11.0. The fraction of sp³-hybridized carbons (Fsp3) is 0.419. The maximum absolute atomic E-state index is 5.80. The van der Waals surface area contributed by atoms with Crippen molar-refractivity contribution in [1.82, 2.24) is 15.0 Å². The van der Waals surface area contributed by atoms with E-state index in [1.807, 2.05) is 0 Å². The highest BCUT2D eigenvalue weighted by molar-refractivity contribution is 5.96. The summed E-state index contributed by atoms with van der Waals surface area (Å²) >= 11 is 0. The minimum Gasteiger partial charge on any atom is -0.377 e. The van der Waals surface area contributed by atoms with Crippen LogP contribution in [0.5, 0.6) is 0 Å². The number of ether oxygens (including phenoxy) is 1. The molecule has 2 aromatic heterocycles. The third-order valence-corrected chi connectivity index (χ3v) is 8.06. The molecule has 1 atom stereocenters. The predicted octanol–water partition coefficient (Wildman–Crippen LogP) is 6.15. The number of aromatic amines is 1. The second kappa shape index (κ2) is 9.49. The minimum absolute atomic E-state index is 0.270. The molecule has 2 aliphatic rings. The molecule has 1 unspecified atom stereocenters. The fourth-order valence-electron chi connectivity index (χ4n) is 5.87. The van der Waals surface area contributed by atoms with Crippen LogP contribution in [0.3, 0.4) is 0 Å². The van der Waals surface area contributed by atoms with Gasteiger partial charge in [0.25, 0.3) is 0 Å². The fourth-order valence-corrected chi connectivity index (χ4v) is 5.87. The van der Waals surface area contributed by atoms with Crippen molar-refractivity contribution in [3.05, 3.63) is 70.5 Å². The molecule has 6 nitrogen and oxygen atoms in total. The Morgan fingerprint density at radius 1 is 1.05 bits per heavy atom. The van der Waals surface area contributed by atoms with Gasteiger partial charge in [-0.2, -0.15) is 0 Å². The summed E-state index contributed by atoms with van der Waals surface area (Å²) < 4.78 is 5.80. The van der Waals surface area contributed by atoms with E-state index in [1.165, 1.54) is 39.0 Å². The van der Waals surface area contributed by atoms with Gasteiger partial charge >= 0.3 is 0 Å². The number of aryl methyl sites for hydroxylation is 2. The maximum Gasteiger partial charge on any atom is 0.162 e. The minimum atomic E-state index is 0.270. The molecule has 37 heavy (non-hydrogen) atoms. The van der Waals surface area contributed by atoms with Crippen molar-refractivity contribution in [3.8, 4) is 11.4 Å². The van der Waals surface area contributed by atoms with Gasteiger partial charge in [0.1, 0.15) is 5.82 Å². The highest BCUT2D eigenvalue weighted by Crippen LogP contribution is 2.37. The van der Waals surface area contributed by atoms with Crippen molar-refractivity contribution in [2.24, 2.45) is 0 Å². The molecule has 0 radical (unpaired) electrons. The van der Waals surface area contributed by atoms with E-state index in [1.54, 1.807) is 0 Å².